The van der Waals surface area contributed by atoms with Gasteiger partial charge in [-0.3, -0.25) is 0 Å². The Bertz CT molecular complexity index is 870. The quantitative estimate of drug-likeness (QED) is 0.265. The predicted molar refractivity (Wildman–Crippen MR) is 148 cm³/mol. The average molecular weight is 576 g/mol. The minimum absolute atomic E-state index is 0.418. The van der Waals surface area contributed by atoms with Gasteiger partial charge in [-0.25, -0.2) is 0 Å². The molecule has 3 heterocycles. The van der Waals surface area contributed by atoms with Crippen LogP contribution in [0, 0.1) is 11.3 Å². The maximum atomic E-state index is 5.33. The second kappa shape index (κ2) is 12.5. The maximum absolute atomic E-state index is 5.33. The molecule has 192 valence electrons. The van der Waals surface area contributed by atoms with E-state index in [1.165, 1.54) is 81.6 Å². The molecule has 0 radical (unpaired) electrons. The van der Waals surface area contributed by atoms with Gasteiger partial charge in [0.2, 0.25) is 0 Å². The molecule has 6 heteroatoms. The predicted octanol–water partition coefficient (Wildman–Crippen LogP) is 6.68. The first-order valence-corrected chi connectivity index (χ1v) is 21.6. The molecule has 0 N–H and O–H groups in total. The van der Waals surface area contributed by atoms with Gasteiger partial charge < -0.3 is 0 Å². The standard InChI is InChI=1S/C16H24N5.3C4H9.Sn/c1-16(2,3)12-5-7-21(8-6-12)10-14-19-13-9-17-11-18-15(13)20(14)4;3*1-3-4-2;/h9,12H,5-8,10H2,1-4H3;3*1,3-4H2,2H3;. The summed E-state index contributed by atoms with van der Waals surface area (Å²) >= 11 is -2.64. The molecule has 0 aromatic carbocycles. The zero-order chi connectivity index (χ0) is 24.8. The first kappa shape index (κ1) is 27.9. The van der Waals surface area contributed by atoms with Crippen LogP contribution in [0.15, 0.2) is 6.20 Å². The van der Waals surface area contributed by atoms with Crippen molar-refractivity contribution >= 4 is 33.4 Å². The Morgan fingerprint density at radius 3 is 1.97 bits per heavy atom. The molecule has 3 rings (SSSR count). The molecular formula is C28H51N5Sn. The van der Waals surface area contributed by atoms with E-state index in [9.17, 15) is 0 Å². The van der Waals surface area contributed by atoms with E-state index >= 15 is 0 Å². The van der Waals surface area contributed by atoms with Crippen molar-refractivity contribution in [1.29, 1.82) is 0 Å². The summed E-state index contributed by atoms with van der Waals surface area (Å²) in [5.74, 6) is 1.97. The number of nitrogens with zero attached hydrogens (tertiary/aromatic N) is 5. The molecule has 5 nitrogen and oxygen atoms in total. The van der Waals surface area contributed by atoms with Crippen molar-refractivity contribution in [1.82, 2.24) is 24.4 Å². The Hall–Kier alpha value is -0.691. The SMILES string of the molecule is CCC[CH2][Sn]([CH2]CCC)([CH2]CCC)[c]1ncc2nc(CN3CCC(C(C)(C)C)CC3)n(C)c2n1. The van der Waals surface area contributed by atoms with Crippen LogP contribution in [0.1, 0.15) is 98.7 Å². The van der Waals surface area contributed by atoms with Crippen molar-refractivity contribution in [2.24, 2.45) is 18.4 Å². The number of likely N-dealkylation sites (tertiary alicyclic amines) is 1. The number of piperidine rings is 1. The number of hydrogen-bond acceptors (Lipinski definition) is 4. The van der Waals surface area contributed by atoms with E-state index in [-0.39, 0.29) is 0 Å². The molecule has 0 aliphatic carbocycles. The van der Waals surface area contributed by atoms with Crippen molar-refractivity contribution in [3.05, 3.63) is 12.0 Å². The van der Waals surface area contributed by atoms with Gasteiger partial charge in [0.05, 0.1) is 0 Å². The fourth-order valence-corrected chi connectivity index (χ4v) is 20.7. The summed E-state index contributed by atoms with van der Waals surface area (Å²) < 4.78 is 7.77. The van der Waals surface area contributed by atoms with Gasteiger partial charge in [0.1, 0.15) is 0 Å². The van der Waals surface area contributed by atoms with Gasteiger partial charge in [0.25, 0.3) is 0 Å². The van der Waals surface area contributed by atoms with Gasteiger partial charge in [0.15, 0.2) is 0 Å². The van der Waals surface area contributed by atoms with E-state index in [0.29, 0.717) is 5.41 Å². The van der Waals surface area contributed by atoms with Crippen LogP contribution < -0.4 is 3.84 Å². The molecule has 1 fully saturated rings. The second-order valence-corrected chi connectivity index (χ2v) is 24.9. The van der Waals surface area contributed by atoms with Crippen molar-refractivity contribution in [3.8, 4) is 0 Å². The van der Waals surface area contributed by atoms with Gasteiger partial charge in [-0.1, -0.05) is 0 Å². The fourth-order valence-electron chi connectivity index (χ4n) is 5.84. The van der Waals surface area contributed by atoms with Crippen LogP contribution in [-0.2, 0) is 13.6 Å². The number of fused-ring (bicyclic) bond motifs is 1. The van der Waals surface area contributed by atoms with Crippen molar-refractivity contribution in [2.45, 2.75) is 113 Å². The van der Waals surface area contributed by atoms with E-state index < -0.39 is 18.4 Å². The number of unbranched alkanes of at least 4 members (excludes halogenated alkanes) is 3. The summed E-state index contributed by atoms with van der Waals surface area (Å²) in [6.45, 7) is 17.4. The second-order valence-electron chi connectivity index (χ2n) is 12.0. The van der Waals surface area contributed by atoms with E-state index in [4.69, 9.17) is 15.0 Å². The van der Waals surface area contributed by atoms with Crippen molar-refractivity contribution in [3.63, 3.8) is 0 Å². The van der Waals surface area contributed by atoms with E-state index in [1.807, 2.05) is 0 Å². The molecule has 2 aromatic rings. The van der Waals surface area contributed by atoms with Gasteiger partial charge in [0, 0.05) is 0 Å². The first-order chi connectivity index (χ1) is 16.2. The Labute approximate surface area is 213 Å². The van der Waals surface area contributed by atoms with Crippen LogP contribution in [0.3, 0.4) is 0 Å². The van der Waals surface area contributed by atoms with Crippen LogP contribution in [0.25, 0.3) is 11.2 Å². The van der Waals surface area contributed by atoms with Crippen molar-refractivity contribution < 1.29 is 0 Å². The van der Waals surface area contributed by atoms with E-state index in [2.05, 4.69) is 64.3 Å². The molecule has 0 unspecified atom stereocenters. The summed E-state index contributed by atoms with van der Waals surface area (Å²) in [6.07, 6.45) is 12.5. The number of rotatable bonds is 12. The minimum atomic E-state index is -2.64. The monoisotopic (exact) mass is 577 g/mol. The zero-order valence-electron chi connectivity index (χ0n) is 23.3. The number of aryl methyl sites for hydroxylation is 1. The van der Waals surface area contributed by atoms with Crippen LogP contribution >= 0.6 is 0 Å². The fraction of sp³-hybridized carbons (Fsp3) is 0.821. The molecule has 0 amide bonds. The Balaban J connectivity index is 1.84. The van der Waals surface area contributed by atoms with Gasteiger partial charge in [-0.05, 0) is 0 Å². The molecule has 34 heavy (non-hydrogen) atoms. The Kier molecular flexibility index (Phi) is 10.3. The van der Waals surface area contributed by atoms with Gasteiger partial charge >= 0.3 is 214 Å². The Morgan fingerprint density at radius 2 is 1.47 bits per heavy atom. The molecule has 0 bridgehead atoms. The molecule has 0 saturated carbocycles. The number of imidazole rings is 1. The molecule has 1 aliphatic heterocycles. The molecule has 0 spiro atoms. The van der Waals surface area contributed by atoms with Crippen LogP contribution in [0.5, 0.6) is 0 Å². The average Bonchev–Trinajstić information content (AvgIpc) is 3.13. The molecule has 1 saturated heterocycles. The van der Waals surface area contributed by atoms with Crippen LogP contribution in [0.2, 0.25) is 13.3 Å². The topological polar surface area (TPSA) is 46.8 Å². The third-order valence-electron chi connectivity index (χ3n) is 8.38. The summed E-state index contributed by atoms with van der Waals surface area (Å²) in [4.78, 5) is 18.0. The van der Waals surface area contributed by atoms with Gasteiger partial charge in [-0.2, -0.15) is 0 Å². The molecule has 2 aromatic heterocycles. The molecule has 0 atom stereocenters. The molecular weight excluding hydrogens is 525 g/mol. The molecule has 1 aliphatic rings. The third kappa shape index (κ3) is 6.74. The third-order valence-corrected chi connectivity index (χ3v) is 23.0. The summed E-state index contributed by atoms with van der Waals surface area (Å²) in [7, 11) is 2.17. The van der Waals surface area contributed by atoms with Crippen LogP contribution in [0.4, 0.5) is 0 Å². The van der Waals surface area contributed by atoms with Gasteiger partial charge in [-0.15, -0.1) is 0 Å². The summed E-state index contributed by atoms with van der Waals surface area (Å²) in [5, 5.41) is 0. The van der Waals surface area contributed by atoms with Crippen molar-refractivity contribution in [2.75, 3.05) is 13.1 Å². The van der Waals surface area contributed by atoms with Crippen LogP contribution in [-0.4, -0.2) is 55.9 Å². The number of hydrogen-bond donors (Lipinski definition) is 0. The normalized spacial score (nSPS) is 16.6. The number of aromatic nitrogens is 4. The Morgan fingerprint density at radius 1 is 0.912 bits per heavy atom. The summed E-state index contributed by atoms with van der Waals surface area (Å²) in [6, 6.07) is 0. The first-order valence-electron chi connectivity index (χ1n) is 14.1. The van der Waals surface area contributed by atoms with E-state index in [1.54, 1.807) is 0 Å². The summed E-state index contributed by atoms with van der Waals surface area (Å²) in [5.41, 5.74) is 2.46. The van der Waals surface area contributed by atoms with E-state index in [0.717, 1.165) is 29.5 Å². The zero-order valence-corrected chi connectivity index (χ0v) is 26.1.